The highest BCUT2D eigenvalue weighted by atomic mass is 32.2. The van der Waals surface area contributed by atoms with Crippen molar-refractivity contribution in [3.05, 3.63) is 0 Å². The maximum Gasteiger partial charge on any atom is 0.0129 e. The van der Waals surface area contributed by atoms with Gasteiger partial charge in [0.25, 0.3) is 0 Å². The van der Waals surface area contributed by atoms with Crippen molar-refractivity contribution in [1.29, 1.82) is 0 Å². The van der Waals surface area contributed by atoms with Crippen LogP contribution in [0.25, 0.3) is 0 Å². The van der Waals surface area contributed by atoms with Gasteiger partial charge in [0.05, 0.1) is 0 Å². The lowest BCUT2D eigenvalue weighted by Crippen LogP contribution is -2.19. The molecule has 0 saturated carbocycles. The Balaban J connectivity index is 3.57. The first-order chi connectivity index (χ1) is 8.18. The summed E-state index contributed by atoms with van der Waals surface area (Å²) in [6.07, 6.45) is 14.0. The molecule has 0 aliphatic rings. The smallest absolute Gasteiger partial charge is 0.0129 e. The summed E-state index contributed by atoms with van der Waals surface area (Å²) in [5.41, 5.74) is 0. The standard InChI is InChI=1S/C16H34S/c1-5-8-10-11-13-15-17-16(4,7-3)14-12-9-6-2/h5-15H2,1-4H3. The Labute approximate surface area is 114 Å². The Morgan fingerprint density at radius 3 is 1.94 bits per heavy atom. The third-order valence-electron chi connectivity index (χ3n) is 3.76. The van der Waals surface area contributed by atoms with Crippen LogP contribution in [0.1, 0.15) is 91.9 Å². The fourth-order valence-corrected chi connectivity index (χ4v) is 3.46. The Kier molecular flexibility index (Phi) is 11.7. The minimum Gasteiger partial charge on any atom is -0.155 e. The molecule has 0 aromatic carbocycles. The van der Waals surface area contributed by atoms with Crippen molar-refractivity contribution in [2.24, 2.45) is 0 Å². The van der Waals surface area contributed by atoms with Crippen LogP contribution in [0, 0.1) is 0 Å². The molecular formula is C16H34S. The molecule has 0 heterocycles. The van der Waals surface area contributed by atoms with Crippen molar-refractivity contribution >= 4 is 11.8 Å². The lowest BCUT2D eigenvalue weighted by atomic mass is 10.00. The molecule has 1 heteroatoms. The van der Waals surface area contributed by atoms with Crippen molar-refractivity contribution in [3.63, 3.8) is 0 Å². The molecule has 0 aromatic rings. The van der Waals surface area contributed by atoms with Gasteiger partial charge in [0, 0.05) is 4.75 Å². The van der Waals surface area contributed by atoms with Crippen molar-refractivity contribution in [2.75, 3.05) is 5.75 Å². The first-order valence-corrected chi connectivity index (χ1v) is 8.81. The second-order valence-electron chi connectivity index (χ2n) is 5.52. The van der Waals surface area contributed by atoms with Crippen LogP contribution in [0.3, 0.4) is 0 Å². The highest BCUT2D eigenvalue weighted by Crippen LogP contribution is 2.34. The summed E-state index contributed by atoms with van der Waals surface area (Å²) in [4.78, 5) is 0. The van der Waals surface area contributed by atoms with Gasteiger partial charge in [0.15, 0.2) is 0 Å². The molecule has 0 aliphatic carbocycles. The van der Waals surface area contributed by atoms with Gasteiger partial charge in [-0.25, -0.2) is 0 Å². The minimum absolute atomic E-state index is 0.555. The van der Waals surface area contributed by atoms with Crippen LogP contribution in [0.15, 0.2) is 0 Å². The van der Waals surface area contributed by atoms with E-state index in [0.717, 1.165) is 0 Å². The lowest BCUT2D eigenvalue weighted by molar-refractivity contribution is 0.524. The third kappa shape index (κ3) is 10.00. The molecule has 0 spiro atoms. The Morgan fingerprint density at radius 1 is 0.765 bits per heavy atom. The van der Waals surface area contributed by atoms with E-state index in [1.54, 1.807) is 0 Å². The molecule has 0 radical (unpaired) electrons. The van der Waals surface area contributed by atoms with E-state index >= 15 is 0 Å². The van der Waals surface area contributed by atoms with Crippen molar-refractivity contribution in [1.82, 2.24) is 0 Å². The summed E-state index contributed by atoms with van der Waals surface area (Å²) in [6, 6.07) is 0. The normalized spacial score (nSPS) is 14.8. The molecule has 1 atom stereocenters. The summed E-state index contributed by atoms with van der Waals surface area (Å²) in [5, 5.41) is 0. The van der Waals surface area contributed by atoms with Gasteiger partial charge in [0.1, 0.15) is 0 Å². The Bertz CT molecular complexity index is 156. The molecule has 0 saturated heterocycles. The van der Waals surface area contributed by atoms with E-state index in [0.29, 0.717) is 4.75 Å². The van der Waals surface area contributed by atoms with Gasteiger partial charge in [-0.15, -0.1) is 0 Å². The van der Waals surface area contributed by atoms with Crippen LogP contribution in [-0.2, 0) is 0 Å². The van der Waals surface area contributed by atoms with E-state index in [9.17, 15) is 0 Å². The van der Waals surface area contributed by atoms with Crippen LogP contribution in [0.5, 0.6) is 0 Å². The molecule has 0 nitrogen and oxygen atoms in total. The first kappa shape index (κ1) is 17.4. The zero-order chi connectivity index (χ0) is 13.0. The molecule has 0 N–H and O–H groups in total. The van der Waals surface area contributed by atoms with Gasteiger partial charge >= 0.3 is 0 Å². The zero-order valence-corrected chi connectivity index (χ0v) is 13.5. The van der Waals surface area contributed by atoms with Gasteiger partial charge in [-0.3, -0.25) is 0 Å². The fourth-order valence-electron chi connectivity index (χ4n) is 2.12. The van der Waals surface area contributed by atoms with Crippen LogP contribution in [-0.4, -0.2) is 10.5 Å². The van der Waals surface area contributed by atoms with E-state index < -0.39 is 0 Å². The number of hydrogen-bond donors (Lipinski definition) is 0. The van der Waals surface area contributed by atoms with Gasteiger partial charge in [0.2, 0.25) is 0 Å². The number of rotatable bonds is 12. The maximum atomic E-state index is 2.47. The molecule has 0 rings (SSSR count). The molecule has 0 amide bonds. The molecule has 17 heavy (non-hydrogen) atoms. The molecule has 0 fully saturated rings. The zero-order valence-electron chi connectivity index (χ0n) is 12.7. The summed E-state index contributed by atoms with van der Waals surface area (Å²) in [7, 11) is 0. The summed E-state index contributed by atoms with van der Waals surface area (Å²) >= 11 is 2.23. The molecule has 0 aromatic heterocycles. The number of hydrogen-bond acceptors (Lipinski definition) is 1. The van der Waals surface area contributed by atoms with E-state index in [-0.39, 0.29) is 0 Å². The van der Waals surface area contributed by atoms with Crippen molar-refractivity contribution in [2.45, 2.75) is 96.7 Å². The average Bonchev–Trinajstić information content (AvgIpc) is 2.34. The topological polar surface area (TPSA) is 0 Å². The van der Waals surface area contributed by atoms with E-state index in [2.05, 4.69) is 39.5 Å². The van der Waals surface area contributed by atoms with Crippen molar-refractivity contribution in [3.8, 4) is 0 Å². The summed E-state index contributed by atoms with van der Waals surface area (Å²) in [5.74, 6) is 1.38. The average molecular weight is 259 g/mol. The SMILES string of the molecule is CCCCCCCSC(C)(CC)CCCCC. The van der Waals surface area contributed by atoms with Crippen LogP contribution in [0.4, 0.5) is 0 Å². The molecule has 104 valence electrons. The minimum atomic E-state index is 0.555. The van der Waals surface area contributed by atoms with Gasteiger partial charge in [-0.05, 0) is 25.0 Å². The molecule has 1 unspecified atom stereocenters. The highest BCUT2D eigenvalue weighted by Gasteiger charge is 2.21. The van der Waals surface area contributed by atoms with E-state index in [4.69, 9.17) is 0 Å². The van der Waals surface area contributed by atoms with Crippen molar-refractivity contribution < 1.29 is 0 Å². The molecular weight excluding hydrogens is 224 g/mol. The molecule has 0 bridgehead atoms. The fraction of sp³-hybridized carbons (Fsp3) is 1.00. The third-order valence-corrected chi connectivity index (χ3v) is 5.44. The van der Waals surface area contributed by atoms with Crippen LogP contribution >= 0.6 is 11.8 Å². The van der Waals surface area contributed by atoms with E-state index in [1.807, 2.05) is 0 Å². The van der Waals surface area contributed by atoms with Gasteiger partial charge in [-0.1, -0.05) is 72.6 Å². The van der Waals surface area contributed by atoms with Gasteiger partial charge < -0.3 is 0 Å². The van der Waals surface area contributed by atoms with Gasteiger partial charge in [-0.2, -0.15) is 11.8 Å². The summed E-state index contributed by atoms with van der Waals surface area (Å²) in [6.45, 7) is 9.41. The second-order valence-corrected chi connectivity index (χ2v) is 7.21. The number of unbranched alkanes of at least 4 members (excludes halogenated alkanes) is 6. The van der Waals surface area contributed by atoms with Crippen LogP contribution in [0.2, 0.25) is 0 Å². The first-order valence-electron chi connectivity index (χ1n) is 7.82. The Hall–Kier alpha value is 0.350. The monoisotopic (exact) mass is 258 g/mol. The van der Waals surface area contributed by atoms with E-state index in [1.165, 1.54) is 70.0 Å². The lowest BCUT2D eigenvalue weighted by Gasteiger charge is -2.27. The number of thioether (sulfide) groups is 1. The van der Waals surface area contributed by atoms with Crippen LogP contribution < -0.4 is 0 Å². The maximum absolute atomic E-state index is 2.47. The quantitative estimate of drug-likeness (QED) is 0.363. The summed E-state index contributed by atoms with van der Waals surface area (Å²) < 4.78 is 0.555. The molecule has 0 aliphatic heterocycles. The Morgan fingerprint density at radius 2 is 1.35 bits per heavy atom. The predicted molar refractivity (Wildman–Crippen MR) is 84.1 cm³/mol. The predicted octanol–water partition coefficient (Wildman–Crippen LogP) is 6.44. The second kappa shape index (κ2) is 11.4. The largest absolute Gasteiger partial charge is 0.155 e. The highest BCUT2D eigenvalue weighted by molar-refractivity contribution is 8.00.